The molecule has 1 rings (SSSR count). The number of nitrogens with one attached hydrogen (secondary N) is 1. The smallest absolute Gasteiger partial charge is 0.0623 e. The van der Waals surface area contributed by atoms with E-state index in [0.717, 1.165) is 12.5 Å². The predicted molar refractivity (Wildman–Crippen MR) is 73.2 cm³/mol. The van der Waals surface area contributed by atoms with E-state index in [0.29, 0.717) is 6.04 Å². The fourth-order valence-electron chi connectivity index (χ4n) is 3.03. The highest BCUT2D eigenvalue weighted by molar-refractivity contribution is 4.90. The molecule has 1 aliphatic rings. The molecule has 3 heteroatoms. The molecule has 2 N–H and O–H groups in total. The van der Waals surface area contributed by atoms with Crippen molar-refractivity contribution in [2.75, 3.05) is 26.2 Å². The van der Waals surface area contributed by atoms with Gasteiger partial charge in [0, 0.05) is 19.1 Å². The Labute approximate surface area is 107 Å². The summed E-state index contributed by atoms with van der Waals surface area (Å²) in [5.74, 6) is 0.877. The van der Waals surface area contributed by atoms with Crippen molar-refractivity contribution in [3.63, 3.8) is 0 Å². The number of nitrogens with zero attached hydrogens (tertiary/aromatic N) is 1. The Kier molecular flexibility index (Phi) is 5.90. The third kappa shape index (κ3) is 4.94. The molecule has 0 radical (unpaired) electrons. The molecule has 17 heavy (non-hydrogen) atoms. The predicted octanol–water partition coefficient (Wildman–Crippen LogP) is 1.86. The van der Waals surface area contributed by atoms with Crippen LogP contribution in [0.2, 0.25) is 0 Å². The van der Waals surface area contributed by atoms with Gasteiger partial charge in [0.1, 0.15) is 0 Å². The lowest BCUT2D eigenvalue weighted by Gasteiger charge is -2.35. The van der Waals surface area contributed by atoms with Crippen molar-refractivity contribution in [1.29, 1.82) is 0 Å². The van der Waals surface area contributed by atoms with Crippen LogP contribution in [0.25, 0.3) is 0 Å². The van der Waals surface area contributed by atoms with Crippen molar-refractivity contribution in [1.82, 2.24) is 10.2 Å². The molecule has 0 aromatic heterocycles. The van der Waals surface area contributed by atoms with E-state index in [2.05, 4.69) is 37.9 Å². The Morgan fingerprint density at radius 1 is 1.47 bits per heavy atom. The summed E-state index contributed by atoms with van der Waals surface area (Å²) in [4.78, 5) is 2.51. The zero-order valence-corrected chi connectivity index (χ0v) is 12.0. The average Bonchev–Trinajstić information content (AvgIpc) is 2.65. The highest BCUT2D eigenvalue weighted by atomic mass is 16.3. The maximum atomic E-state index is 9.57. The maximum absolute atomic E-state index is 9.57. The Bertz CT molecular complexity index is 220. The van der Waals surface area contributed by atoms with Crippen LogP contribution < -0.4 is 5.32 Å². The van der Waals surface area contributed by atoms with E-state index < -0.39 is 0 Å². The lowest BCUT2D eigenvalue weighted by molar-refractivity contribution is 0.122. The van der Waals surface area contributed by atoms with Crippen LogP contribution in [0.1, 0.15) is 47.0 Å². The molecule has 2 unspecified atom stereocenters. The first-order valence-corrected chi connectivity index (χ1v) is 7.10. The van der Waals surface area contributed by atoms with Crippen LogP contribution in [-0.4, -0.2) is 47.8 Å². The van der Waals surface area contributed by atoms with Crippen LogP contribution in [0.4, 0.5) is 0 Å². The van der Waals surface area contributed by atoms with Gasteiger partial charge >= 0.3 is 0 Å². The molecule has 2 atom stereocenters. The van der Waals surface area contributed by atoms with Crippen molar-refractivity contribution >= 4 is 0 Å². The minimum Gasteiger partial charge on any atom is -0.394 e. The van der Waals surface area contributed by atoms with Crippen LogP contribution in [0.5, 0.6) is 0 Å². The molecule has 102 valence electrons. The summed E-state index contributed by atoms with van der Waals surface area (Å²) in [6.07, 6.45) is 3.97. The van der Waals surface area contributed by atoms with Gasteiger partial charge in [0.25, 0.3) is 0 Å². The largest absolute Gasteiger partial charge is 0.394 e. The van der Waals surface area contributed by atoms with Crippen LogP contribution in [0.3, 0.4) is 0 Å². The minimum atomic E-state index is -0.157. The van der Waals surface area contributed by atoms with Gasteiger partial charge < -0.3 is 15.3 Å². The second-order valence-corrected chi connectivity index (χ2v) is 6.20. The highest BCUT2D eigenvalue weighted by Crippen LogP contribution is 2.22. The summed E-state index contributed by atoms with van der Waals surface area (Å²) in [6, 6.07) is 0.418. The van der Waals surface area contributed by atoms with Gasteiger partial charge in [0.05, 0.1) is 12.1 Å². The molecule has 0 spiro atoms. The number of aliphatic hydroxyl groups is 1. The summed E-state index contributed by atoms with van der Waals surface area (Å²) in [6.45, 7) is 12.2. The lowest BCUT2D eigenvalue weighted by Crippen LogP contribution is -2.55. The van der Waals surface area contributed by atoms with E-state index in [-0.39, 0.29) is 12.1 Å². The molecular weight excluding hydrogens is 212 g/mol. The van der Waals surface area contributed by atoms with Gasteiger partial charge in [-0.3, -0.25) is 0 Å². The second kappa shape index (κ2) is 6.72. The monoisotopic (exact) mass is 242 g/mol. The zero-order chi connectivity index (χ0) is 12.9. The average molecular weight is 242 g/mol. The van der Waals surface area contributed by atoms with E-state index in [1.165, 1.54) is 32.4 Å². The number of rotatable bonds is 7. The molecule has 0 bridgehead atoms. The van der Waals surface area contributed by atoms with Crippen molar-refractivity contribution in [3.8, 4) is 0 Å². The molecule has 3 nitrogen and oxygen atoms in total. The Balaban J connectivity index is 2.41. The fraction of sp³-hybridized carbons (Fsp3) is 1.00. The SMILES string of the molecule is CCCC1CCN(CC(C)(CO)NC(C)C)C1. The van der Waals surface area contributed by atoms with Gasteiger partial charge in [0.2, 0.25) is 0 Å². The molecule has 1 saturated heterocycles. The number of hydrogen-bond acceptors (Lipinski definition) is 3. The van der Waals surface area contributed by atoms with Crippen LogP contribution in [0, 0.1) is 5.92 Å². The molecule has 0 aliphatic carbocycles. The third-order valence-corrected chi connectivity index (χ3v) is 3.63. The molecule has 1 heterocycles. The van der Waals surface area contributed by atoms with Gasteiger partial charge in [-0.1, -0.05) is 27.2 Å². The molecule has 1 aliphatic heterocycles. The third-order valence-electron chi connectivity index (χ3n) is 3.63. The summed E-state index contributed by atoms with van der Waals surface area (Å²) in [5.41, 5.74) is -0.157. The summed E-state index contributed by atoms with van der Waals surface area (Å²) >= 11 is 0. The number of aliphatic hydroxyl groups excluding tert-OH is 1. The van der Waals surface area contributed by atoms with E-state index in [1.807, 2.05) is 0 Å². The molecule has 0 saturated carbocycles. The first-order valence-electron chi connectivity index (χ1n) is 7.10. The van der Waals surface area contributed by atoms with Crippen molar-refractivity contribution < 1.29 is 5.11 Å². The quantitative estimate of drug-likeness (QED) is 0.715. The van der Waals surface area contributed by atoms with Crippen molar-refractivity contribution in [2.24, 2.45) is 5.92 Å². The first kappa shape index (κ1) is 14.9. The van der Waals surface area contributed by atoms with Gasteiger partial charge in [-0.15, -0.1) is 0 Å². The first-order chi connectivity index (χ1) is 7.99. The second-order valence-electron chi connectivity index (χ2n) is 6.20. The standard InChI is InChI=1S/C14H30N2O/c1-5-6-13-7-8-16(9-13)10-14(4,11-17)15-12(2)3/h12-13,15,17H,5-11H2,1-4H3. The fourth-order valence-corrected chi connectivity index (χ4v) is 3.03. The minimum absolute atomic E-state index is 0.157. The van der Waals surface area contributed by atoms with E-state index in [1.54, 1.807) is 0 Å². The molecular formula is C14H30N2O. The van der Waals surface area contributed by atoms with E-state index in [9.17, 15) is 5.11 Å². The van der Waals surface area contributed by atoms with Crippen LogP contribution in [-0.2, 0) is 0 Å². The van der Waals surface area contributed by atoms with Gasteiger partial charge in [-0.25, -0.2) is 0 Å². The van der Waals surface area contributed by atoms with Crippen molar-refractivity contribution in [2.45, 2.75) is 58.5 Å². The molecule has 0 aromatic rings. The van der Waals surface area contributed by atoms with Crippen molar-refractivity contribution in [3.05, 3.63) is 0 Å². The Hall–Kier alpha value is -0.120. The van der Waals surface area contributed by atoms with Gasteiger partial charge in [0.15, 0.2) is 0 Å². The van der Waals surface area contributed by atoms with Crippen LogP contribution in [0.15, 0.2) is 0 Å². The molecule has 0 amide bonds. The highest BCUT2D eigenvalue weighted by Gasteiger charge is 2.30. The zero-order valence-electron chi connectivity index (χ0n) is 12.0. The Morgan fingerprint density at radius 3 is 2.71 bits per heavy atom. The van der Waals surface area contributed by atoms with E-state index >= 15 is 0 Å². The van der Waals surface area contributed by atoms with Crippen LogP contribution >= 0.6 is 0 Å². The van der Waals surface area contributed by atoms with Gasteiger partial charge in [-0.05, 0) is 32.2 Å². The normalized spacial score (nSPS) is 25.4. The maximum Gasteiger partial charge on any atom is 0.0623 e. The van der Waals surface area contributed by atoms with Gasteiger partial charge in [-0.2, -0.15) is 0 Å². The molecule has 0 aromatic carbocycles. The number of likely N-dealkylation sites (tertiary alicyclic amines) is 1. The topological polar surface area (TPSA) is 35.5 Å². The molecule has 1 fully saturated rings. The lowest BCUT2D eigenvalue weighted by atomic mass is 10.0. The summed E-state index contributed by atoms with van der Waals surface area (Å²) < 4.78 is 0. The summed E-state index contributed by atoms with van der Waals surface area (Å²) in [5, 5.41) is 13.1. The Morgan fingerprint density at radius 2 is 2.18 bits per heavy atom. The number of hydrogen-bond donors (Lipinski definition) is 2. The van der Waals surface area contributed by atoms with E-state index in [4.69, 9.17) is 0 Å². The summed E-state index contributed by atoms with van der Waals surface area (Å²) in [7, 11) is 0.